The molecule has 1 N–H and O–H groups in total. The Hall–Kier alpha value is -3.06. The highest BCUT2D eigenvalue weighted by Gasteiger charge is 2.36. The van der Waals surface area contributed by atoms with Crippen molar-refractivity contribution in [1.29, 1.82) is 0 Å². The third-order valence-electron chi connectivity index (χ3n) is 3.94. The zero-order valence-corrected chi connectivity index (χ0v) is 15.8. The number of benzene rings is 2. The topological polar surface area (TPSA) is 69.7 Å². The van der Waals surface area contributed by atoms with Crippen LogP contribution in [-0.4, -0.2) is 42.6 Å². The minimum atomic E-state index is -0.454. The van der Waals surface area contributed by atoms with Gasteiger partial charge in [-0.3, -0.25) is 19.3 Å². The summed E-state index contributed by atoms with van der Waals surface area (Å²) in [5.74, 6) is -0.870. The maximum Gasteiger partial charge on any atom is 0.294 e. The fourth-order valence-corrected chi connectivity index (χ4v) is 3.36. The summed E-state index contributed by atoms with van der Waals surface area (Å²) >= 11 is 0.844. The van der Waals surface area contributed by atoms with Gasteiger partial charge < -0.3 is 10.2 Å². The molecule has 1 heterocycles. The Morgan fingerprint density at radius 3 is 2.37 bits per heavy atom. The summed E-state index contributed by atoms with van der Waals surface area (Å²) in [6, 6.07) is 16.5. The van der Waals surface area contributed by atoms with E-state index in [4.69, 9.17) is 0 Å². The van der Waals surface area contributed by atoms with Crippen LogP contribution >= 0.6 is 11.8 Å². The van der Waals surface area contributed by atoms with Gasteiger partial charge in [0.2, 0.25) is 5.91 Å². The Morgan fingerprint density at radius 1 is 1.07 bits per heavy atom. The van der Waals surface area contributed by atoms with Crippen molar-refractivity contribution in [2.24, 2.45) is 0 Å². The summed E-state index contributed by atoms with van der Waals surface area (Å²) < 4.78 is 0. The van der Waals surface area contributed by atoms with Crippen LogP contribution in [0.2, 0.25) is 0 Å². The Balaban J connectivity index is 1.68. The second-order valence-corrected chi connectivity index (χ2v) is 7.16. The van der Waals surface area contributed by atoms with Crippen LogP contribution in [0, 0.1) is 0 Å². The number of nitrogens with zero attached hydrogens (tertiary/aromatic N) is 2. The van der Waals surface area contributed by atoms with E-state index < -0.39 is 17.1 Å². The number of para-hydroxylation sites is 1. The van der Waals surface area contributed by atoms with Gasteiger partial charge in [0.05, 0.1) is 4.91 Å². The van der Waals surface area contributed by atoms with Crippen LogP contribution in [0.5, 0.6) is 0 Å². The Morgan fingerprint density at radius 2 is 1.74 bits per heavy atom. The predicted molar refractivity (Wildman–Crippen MR) is 109 cm³/mol. The van der Waals surface area contributed by atoms with Crippen LogP contribution in [0.25, 0.3) is 6.08 Å². The summed E-state index contributed by atoms with van der Waals surface area (Å²) in [4.78, 5) is 40.1. The van der Waals surface area contributed by atoms with Gasteiger partial charge in [-0.1, -0.05) is 30.3 Å². The number of hydrogen-bond donors (Lipinski definition) is 1. The number of nitrogens with one attached hydrogen (secondary N) is 1. The highest BCUT2D eigenvalue weighted by molar-refractivity contribution is 8.18. The molecule has 0 unspecified atom stereocenters. The molecule has 3 amide bonds. The van der Waals surface area contributed by atoms with Crippen molar-refractivity contribution in [2.45, 2.75) is 0 Å². The number of carbonyl (C=O) groups excluding carboxylic acids is 3. The lowest BCUT2D eigenvalue weighted by Gasteiger charge is -2.12. The van der Waals surface area contributed by atoms with E-state index in [0.29, 0.717) is 10.6 Å². The summed E-state index contributed by atoms with van der Waals surface area (Å²) in [5, 5.41) is 2.23. The molecule has 6 nitrogen and oxygen atoms in total. The van der Waals surface area contributed by atoms with Crippen molar-refractivity contribution >= 4 is 46.3 Å². The molecule has 0 atom stereocenters. The normalized spacial score (nSPS) is 15.3. The van der Waals surface area contributed by atoms with E-state index in [1.165, 1.54) is 0 Å². The Kier molecular flexibility index (Phi) is 5.61. The van der Waals surface area contributed by atoms with Gasteiger partial charge in [0.15, 0.2) is 0 Å². The van der Waals surface area contributed by atoms with Gasteiger partial charge >= 0.3 is 0 Å². The first-order valence-electron chi connectivity index (χ1n) is 8.32. The standard InChI is InChI=1S/C20H19N3O3S/c1-22(2)16-10-8-14(9-11-16)12-17-19(25)23(20(26)27-17)13-18(24)21-15-6-4-3-5-7-15/h3-12H,13H2,1-2H3,(H,21,24)/b17-12-. The van der Waals surface area contributed by atoms with Crippen LogP contribution in [-0.2, 0) is 9.59 Å². The summed E-state index contributed by atoms with van der Waals surface area (Å²) in [6.07, 6.45) is 1.67. The lowest BCUT2D eigenvalue weighted by molar-refractivity contribution is -0.127. The fraction of sp³-hybridized carbons (Fsp3) is 0.150. The van der Waals surface area contributed by atoms with Gasteiger partial charge in [0, 0.05) is 25.5 Å². The maximum atomic E-state index is 12.5. The first-order valence-corrected chi connectivity index (χ1v) is 9.13. The smallest absolute Gasteiger partial charge is 0.294 e. The number of carbonyl (C=O) groups is 3. The van der Waals surface area contributed by atoms with Crippen LogP contribution in [0.4, 0.5) is 16.2 Å². The molecule has 0 bridgehead atoms. The van der Waals surface area contributed by atoms with Crippen molar-refractivity contribution in [1.82, 2.24) is 4.90 Å². The number of anilines is 2. The number of hydrogen-bond acceptors (Lipinski definition) is 5. The second-order valence-electron chi connectivity index (χ2n) is 6.17. The Bertz CT molecular complexity index is 892. The number of thioether (sulfide) groups is 1. The fourth-order valence-electron chi connectivity index (χ4n) is 2.52. The van der Waals surface area contributed by atoms with Crippen LogP contribution in [0.3, 0.4) is 0 Å². The molecule has 7 heteroatoms. The molecule has 1 saturated heterocycles. The first kappa shape index (κ1) is 18.7. The van der Waals surface area contributed by atoms with Crippen LogP contribution in [0.1, 0.15) is 5.56 Å². The van der Waals surface area contributed by atoms with Gasteiger partial charge in [0.25, 0.3) is 11.1 Å². The molecule has 0 aliphatic carbocycles. The highest BCUT2D eigenvalue weighted by Crippen LogP contribution is 2.32. The molecule has 3 rings (SSSR count). The molecule has 0 aromatic heterocycles. The molecule has 1 aliphatic rings. The third kappa shape index (κ3) is 4.57. The Labute approximate surface area is 161 Å². The molecule has 0 saturated carbocycles. The van der Waals surface area contributed by atoms with E-state index in [2.05, 4.69) is 5.32 Å². The van der Waals surface area contributed by atoms with E-state index in [1.807, 2.05) is 49.3 Å². The zero-order chi connectivity index (χ0) is 19.4. The SMILES string of the molecule is CN(C)c1ccc(/C=C2\SC(=O)N(CC(=O)Nc3ccccc3)C2=O)cc1. The van der Waals surface area contributed by atoms with Crippen LogP contribution in [0.15, 0.2) is 59.5 Å². The molecule has 2 aromatic carbocycles. The predicted octanol–water partition coefficient (Wildman–Crippen LogP) is 3.43. The average molecular weight is 381 g/mol. The van der Waals surface area contributed by atoms with Gasteiger partial charge in [-0.15, -0.1) is 0 Å². The van der Waals surface area contributed by atoms with E-state index in [9.17, 15) is 14.4 Å². The summed E-state index contributed by atoms with van der Waals surface area (Å²) in [5.41, 5.74) is 2.48. The molecule has 27 heavy (non-hydrogen) atoms. The van der Waals surface area contributed by atoms with Crippen molar-refractivity contribution in [2.75, 3.05) is 30.9 Å². The van der Waals surface area contributed by atoms with Gasteiger partial charge in [-0.05, 0) is 47.7 Å². The quantitative estimate of drug-likeness (QED) is 0.804. The molecular formula is C20H19N3O3S. The first-order chi connectivity index (χ1) is 12.9. The molecule has 138 valence electrons. The number of imide groups is 1. The molecule has 1 aliphatic heterocycles. The lowest BCUT2D eigenvalue weighted by atomic mass is 10.2. The van der Waals surface area contributed by atoms with E-state index in [1.54, 1.807) is 30.3 Å². The molecule has 2 aromatic rings. The summed E-state index contributed by atoms with van der Waals surface area (Å²) in [6.45, 7) is -0.309. The van der Waals surface area contributed by atoms with Crippen LogP contribution < -0.4 is 10.2 Å². The molecule has 0 spiro atoms. The van der Waals surface area contributed by atoms with Gasteiger partial charge in [-0.25, -0.2) is 0 Å². The van der Waals surface area contributed by atoms with Gasteiger partial charge in [-0.2, -0.15) is 0 Å². The lowest BCUT2D eigenvalue weighted by Crippen LogP contribution is -2.36. The molecule has 0 radical (unpaired) electrons. The van der Waals surface area contributed by atoms with Gasteiger partial charge in [0.1, 0.15) is 6.54 Å². The molecule has 1 fully saturated rings. The average Bonchev–Trinajstić information content (AvgIpc) is 2.90. The summed E-state index contributed by atoms with van der Waals surface area (Å²) in [7, 11) is 3.89. The largest absolute Gasteiger partial charge is 0.378 e. The highest BCUT2D eigenvalue weighted by atomic mass is 32.2. The monoisotopic (exact) mass is 381 g/mol. The zero-order valence-electron chi connectivity index (χ0n) is 15.0. The van der Waals surface area contributed by atoms with E-state index in [-0.39, 0.29) is 6.54 Å². The van der Waals surface area contributed by atoms with E-state index >= 15 is 0 Å². The van der Waals surface area contributed by atoms with E-state index in [0.717, 1.165) is 27.9 Å². The maximum absolute atomic E-state index is 12.5. The minimum absolute atomic E-state index is 0.309. The number of amides is 3. The van der Waals surface area contributed by atoms with Crippen molar-refractivity contribution in [3.05, 3.63) is 65.1 Å². The second kappa shape index (κ2) is 8.09. The third-order valence-corrected chi connectivity index (χ3v) is 4.85. The minimum Gasteiger partial charge on any atom is -0.378 e. The number of rotatable bonds is 5. The van der Waals surface area contributed by atoms with Crippen molar-refractivity contribution < 1.29 is 14.4 Å². The van der Waals surface area contributed by atoms with Crippen molar-refractivity contribution in [3.63, 3.8) is 0 Å². The molecular weight excluding hydrogens is 362 g/mol. The van der Waals surface area contributed by atoms with Crippen molar-refractivity contribution in [3.8, 4) is 0 Å².